The van der Waals surface area contributed by atoms with Crippen LogP contribution in [0.15, 0.2) is 186 Å². The first-order chi connectivity index (χ1) is 29.1. The van der Waals surface area contributed by atoms with E-state index >= 15 is 0 Å². The third-order valence-corrected chi connectivity index (χ3v) is 11.6. The summed E-state index contributed by atoms with van der Waals surface area (Å²) in [6.45, 7) is 2.11. The van der Waals surface area contributed by atoms with Crippen LogP contribution in [0.4, 0.5) is 0 Å². The molecule has 1 atom stereocenters. The van der Waals surface area contributed by atoms with E-state index in [9.17, 15) is 0 Å². The van der Waals surface area contributed by atoms with E-state index in [2.05, 4.69) is 139 Å². The van der Waals surface area contributed by atoms with Crippen LogP contribution in [0.5, 0.6) is 5.75 Å². The van der Waals surface area contributed by atoms with Crippen molar-refractivity contribution in [3.8, 4) is 67.9 Å². The van der Waals surface area contributed by atoms with Crippen LogP contribution in [0, 0.1) is 0 Å². The third-order valence-electron chi connectivity index (χ3n) is 11.6. The molecule has 0 aliphatic carbocycles. The summed E-state index contributed by atoms with van der Waals surface area (Å²) in [5, 5.41) is 4.60. The Morgan fingerprint density at radius 3 is 1.85 bits per heavy atom. The van der Waals surface area contributed by atoms with Crippen LogP contribution >= 0.6 is 0 Å². The molecule has 0 N–H and O–H groups in total. The zero-order valence-electron chi connectivity index (χ0n) is 32.0. The molecule has 278 valence electrons. The monoisotopic (exact) mass is 758 g/mol. The molecule has 0 spiro atoms. The minimum atomic E-state index is -0.190. The summed E-state index contributed by atoms with van der Waals surface area (Å²) >= 11 is 0. The van der Waals surface area contributed by atoms with E-state index in [4.69, 9.17) is 24.1 Å². The second kappa shape index (κ2) is 13.1. The maximum atomic E-state index is 6.72. The molecular weight excluding hydrogens is 725 g/mol. The van der Waals surface area contributed by atoms with Crippen molar-refractivity contribution in [1.82, 2.24) is 19.5 Å². The van der Waals surface area contributed by atoms with E-state index in [0.29, 0.717) is 17.5 Å². The van der Waals surface area contributed by atoms with Gasteiger partial charge in [-0.2, -0.15) is 0 Å². The highest BCUT2D eigenvalue weighted by molar-refractivity contribution is 6.10. The molecule has 0 radical (unpaired) electrons. The number of benzene rings is 8. The highest BCUT2D eigenvalue weighted by Gasteiger charge is 2.25. The van der Waals surface area contributed by atoms with Gasteiger partial charge in [0.25, 0.3) is 0 Å². The second-order valence-corrected chi connectivity index (χ2v) is 15.2. The minimum Gasteiger partial charge on any atom is -0.485 e. The van der Waals surface area contributed by atoms with Crippen molar-refractivity contribution in [1.29, 1.82) is 0 Å². The molecule has 59 heavy (non-hydrogen) atoms. The van der Waals surface area contributed by atoms with Crippen LogP contribution in [0.1, 0.15) is 18.6 Å². The van der Waals surface area contributed by atoms with Crippen LogP contribution in [-0.2, 0) is 0 Å². The molecule has 0 fully saturated rings. The lowest BCUT2D eigenvalue weighted by atomic mass is 9.90. The van der Waals surface area contributed by atoms with Gasteiger partial charge >= 0.3 is 0 Å². The van der Waals surface area contributed by atoms with E-state index in [1.807, 2.05) is 54.6 Å². The summed E-state index contributed by atoms with van der Waals surface area (Å²) in [5.41, 5.74) is 13.4. The SMILES string of the molecule is CC1Oc2cc(-c3ccc4c(c3)c3ccccc3n4-c3ccccc3)ccc2-c2ccc(-c3nc(-c4ccccc4)nc(-c4ccc5c(c4)oc4ccccc45)n3)cc21. The molecule has 1 unspecified atom stereocenters. The van der Waals surface area contributed by atoms with Crippen molar-refractivity contribution in [3.05, 3.63) is 188 Å². The number of para-hydroxylation sites is 3. The standard InChI is InChI=1S/C53H34N4O2/c1-32-44-29-36(52-54-51(33-12-4-2-5-13-33)55-53(56-52)37-22-26-43-41-17-9-11-19-48(41)59-50(43)31-37)21-24-39(44)42-25-20-35(30-49(42)58-32)34-23-27-47-45(28-34)40-16-8-10-18-46(40)57(47)38-14-6-3-7-15-38/h2-32H,1H3. The molecule has 1 aliphatic rings. The van der Waals surface area contributed by atoms with Gasteiger partial charge in [-0.3, -0.25) is 0 Å². The summed E-state index contributed by atoms with van der Waals surface area (Å²) in [7, 11) is 0. The fourth-order valence-corrected chi connectivity index (χ4v) is 8.78. The molecular formula is C53H34N4O2. The third kappa shape index (κ3) is 5.45. The Kier molecular flexibility index (Phi) is 7.41. The van der Waals surface area contributed by atoms with Crippen LogP contribution in [0.3, 0.4) is 0 Å². The first-order valence-electron chi connectivity index (χ1n) is 19.9. The fourth-order valence-electron chi connectivity index (χ4n) is 8.78. The average Bonchev–Trinajstić information content (AvgIpc) is 3.84. The van der Waals surface area contributed by atoms with Crippen molar-refractivity contribution in [2.24, 2.45) is 0 Å². The molecule has 8 aromatic carbocycles. The largest absolute Gasteiger partial charge is 0.485 e. The van der Waals surface area contributed by atoms with E-state index < -0.39 is 0 Å². The van der Waals surface area contributed by atoms with Gasteiger partial charge in [-0.15, -0.1) is 0 Å². The Morgan fingerprint density at radius 2 is 1.02 bits per heavy atom. The van der Waals surface area contributed by atoms with Crippen molar-refractivity contribution >= 4 is 43.7 Å². The summed E-state index contributed by atoms with van der Waals surface area (Å²) in [5.74, 6) is 2.66. The van der Waals surface area contributed by atoms with Crippen LogP contribution in [0.25, 0.3) is 106 Å². The maximum absolute atomic E-state index is 6.72. The first-order valence-corrected chi connectivity index (χ1v) is 19.9. The van der Waals surface area contributed by atoms with Gasteiger partial charge in [0, 0.05) is 55.0 Å². The number of aromatic nitrogens is 4. The lowest BCUT2D eigenvalue weighted by Crippen LogP contribution is -2.11. The molecule has 12 rings (SSSR count). The zero-order chi connectivity index (χ0) is 39.0. The van der Waals surface area contributed by atoms with E-state index in [1.165, 1.54) is 21.8 Å². The van der Waals surface area contributed by atoms with Crippen molar-refractivity contribution in [3.63, 3.8) is 0 Å². The Balaban J connectivity index is 0.927. The second-order valence-electron chi connectivity index (χ2n) is 15.2. The van der Waals surface area contributed by atoms with E-state index in [-0.39, 0.29) is 6.10 Å². The molecule has 3 aromatic heterocycles. The molecule has 0 saturated carbocycles. The number of rotatable bonds is 5. The normalized spacial score (nSPS) is 13.5. The van der Waals surface area contributed by atoms with E-state index in [0.717, 1.165) is 77.9 Å². The van der Waals surface area contributed by atoms with Crippen LogP contribution in [-0.4, -0.2) is 19.5 Å². The Labute approximate surface area is 339 Å². The molecule has 6 heteroatoms. The van der Waals surface area contributed by atoms with Crippen LogP contribution in [0.2, 0.25) is 0 Å². The molecule has 11 aromatic rings. The smallest absolute Gasteiger partial charge is 0.164 e. The molecule has 0 amide bonds. The highest BCUT2D eigenvalue weighted by Crippen LogP contribution is 2.46. The van der Waals surface area contributed by atoms with Gasteiger partial charge in [0.2, 0.25) is 0 Å². The lowest BCUT2D eigenvalue weighted by molar-refractivity contribution is 0.223. The van der Waals surface area contributed by atoms with Gasteiger partial charge in [0.15, 0.2) is 17.5 Å². The topological polar surface area (TPSA) is 66.0 Å². The summed E-state index contributed by atoms with van der Waals surface area (Å²) < 4.78 is 15.3. The average molecular weight is 759 g/mol. The van der Waals surface area contributed by atoms with Gasteiger partial charge in [-0.1, -0.05) is 121 Å². The van der Waals surface area contributed by atoms with E-state index in [1.54, 1.807) is 0 Å². The Hall–Kier alpha value is -7.83. The van der Waals surface area contributed by atoms with Gasteiger partial charge in [-0.25, -0.2) is 15.0 Å². The molecule has 0 saturated heterocycles. The summed E-state index contributed by atoms with van der Waals surface area (Å²) in [4.78, 5) is 15.1. The molecule has 4 heterocycles. The summed E-state index contributed by atoms with van der Waals surface area (Å²) in [6, 6.07) is 63.4. The zero-order valence-corrected chi connectivity index (χ0v) is 32.0. The number of fused-ring (bicyclic) bond motifs is 9. The van der Waals surface area contributed by atoms with Crippen molar-refractivity contribution in [2.45, 2.75) is 13.0 Å². The highest BCUT2D eigenvalue weighted by atomic mass is 16.5. The quantitative estimate of drug-likeness (QED) is 0.175. The molecule has 1 aliphatic heterocycles. The predicted octanol–water partition coefficient (Wildman–Crippen LogP) is 13.7. The summed E-state index contributed by atoms with van der Waals surface area (Å²) in [6.07, 6.45) is -0.190. The number of nitrogens with zero attached hydrogens (tertiary/aromatic N) is 4. The fraction of sp³-hybridized carbons (Fsp3) is 0.0377. The Bertz CT molecular complexity index is 3440. The number of hydrogen-bond acceptors (Lipinski definition) is 5. The van der Waals surface area contributed by atoms with Gasteiger partial charge in [0.05, 0.1) is 11.0 Å². The van der Waals surface area contributed by atoms with Gasteiger partial charge < -0.3 is 13.7 Å². The van der Waals surface area contributed by atoms with Crippen molar-refractivity contribution in [2.75, 3.05) is 0 Å². The Morgan fingerprint density at radius 1 is 0.424 bits per heavy atom. The minimum absolute atomic E-state index is 0.190. The lowest BCUT2D eigenvalue weighted by Gasteiger charge is -2.27. The number of hydrogen-bond donors (Lipinski definition) is 0. The first kappa shape index (κ1) is 33.3. The maximum Gasteiger partial charge on any atom is 0.164 e. The molecule has 6 nitrogen and oxygen atoms in total. The van der Waals surface area contributed by atoms with Gasteiger partial charge in [0.1, 0.15) is 23.0 Å². The molecule has 0 bridgehead atoms. The number of ether oxygens (including phenoxy) is 1. The van der Waals surface area contributed by atoms with Crippen molar-refractivity contribution < 1.29 is 9.15 Å². The van der Waals surface area contributed by atoms with Crippen LogP contribution < -0.4 is 4.74 Å². The van der Waals surface area contributed by atoms with Gasteiger partial charge in [-0.05, 0) is 84.3 Å². The predicted molar refractivity (Wildman–Crippen MR) is 238 cm³/mol. The number of furan rings is 1.